The van der Waals surface area contributed by atoms with Crippen LogP contribution in [0.15, 0.2) is 0 Å². The van der Waals surface area contributed by atoms with Crippen molar-refractivity contribution in [3.63, 3.8) is 0 Å². The third-order valence-electron chi connectivity index (χ3n) is 3.12. The van der Waals surface area contributed by atoms with Gasteiger partial charge in [-0.3, -0.25) is 4.79 Å². The van der Waals surface area contributed by atoms with Crippen LogP contribution in [0.1, 0.15) is 47.5 Å². The van der Waals surface area contributed by atoms with Gasteiger partial charge in [-0.2, -0.15) is 0 Å². The molecule has 102 valence electrons. The number of aliphatic hydroxyl groups excluding tert-OH is 1. The number of nitrogens with two attached hydrogens (primary N) is 1. The van der Waals surface area contributed by atoms with Crippen LogP contribution < -0.4 is 11.1 Å². The highest BCUT2D eigenvalue weighted by molar-refractivity contribution is 5.77. The molecule has 0 radical (unpaired) electrons. The number of rotatable bonds is 7. The van der Waals surface area contributed by atoms with Crippen molar-refractivity contribution in [2.45, 2.75) is 59.1 Å². The van der Waals surface area contributed by atoms with Crippen molar-refractivity contribution in [3.8, 4) is 0 Å². The third-order valence-corrected chi connectivity index (χ3v) is 3.12. The number of nitrogens with one attached hydrogen (secondary N) is 1. The molecule has 4 heteroatoms. The van der Waals surface area contributed by atoms with Gasteiger partial charge in [0.05, 0.1) is 11.6 Å². The fourth-order valence-electron chi connectivity index (χ4n) is 1.71. The Balaban J connectivity index is 4.24. The Morgan fingerprint density at radius 3 is 2.24 bits per heavy atom. The highest BCUT2D eigenvalue weighted by atomic mass is 16.3. The lowest BCUT2D eigenvalue weighted by molar-refractivity contribution is -0.125. The molecule has 4 N–H and O–H groups in total. The van der Waals surface area contributed by atoms with E-state index in [-0.39, 0.29) is 11.8 Å². The van der Waals surface area contributed by atoms with Crippen LogP contribution in [-0.2, 0) is 4.79 Å². The summed E-state index contributed by atoms with van der Waals surface area (Å²) in [6.45, 7) is 10.1. The van der Waals surface area contributed by atoms with E-state index in [0.717, 1.165) is 6.42 Å². The summed E-state index contributed by atoms with van der Waals surface area (Å²) in [6, 6.07) is 0. The standard InChI is InChI=1S/C13H28N2O2/c1-9(2)6-11(8-14)7-12(17)15-13(4,5)10(3)16/h9-11,16H,6-8,14H2,1-5H3,(H,15,17)/t10?,11-/m0/s1. The van der Waals surface area contributed by atoms with Crippen molar-refractivity contribution in [2.75, 3.05) is 6.54 Å². The van der Waals surface area contributed by atoms with Gasteiger partial charge in [0.25, 0.3) is 0 Å². The minimum atomic E-state index is -0.589. The molecule has 0 bridgehead atoms. The molecule has 0 saturated carbocycles. The van der Waals surface area contributed by atoms with Gasteiger partial charge in [-0.05, 0) is 45.6 Å². The smallest absolute Gasteiger partial charge is 0.220 e. The lowest BCUT2D eigenvalue weighted by Gasteiger charge is -2.30. The van der Waals surface area contributed by atoms with E-state index in [0.29, 0.717) is 18.9 Å². The summed E-state index contributed by atoms with van der Waals surface area (Å²) >= 11 is 0. The topological polar surface area (TPSA) is 75.4 Å². The van der Waals surface area contributed by atoms with Crippen LogP contribution in [0.3, 0.4) is 0 Å². The molecular formula is C13H28N2O2. The van der Waals surface area contributed by atoms with Crippen LogP contribution in [0.4, 0.5) is 0 Å². The van der Waals surface area contributed by atoms with E-state index in [9.17, 15) is 9.90 Å². The van der Waals surface area contributed by atoms with Crippen molar-refractivity contribution in [1.29, 1.82) is 0 Å². The molecule has 2 atom stereocenters. The van der Waals surface area contributed by atoms with Crippen molar-refractivity contribution in [1.82, 2.24) is 5.32 Å². The molecule has 1 unspecified atom stereocenters. The molecule has 0 aromatic carbocycles. The molecule has 17 heavy (non-hydrogen) atoms. The van der Waals surface area contributed by atoms with Crippen LogP contribution in [0.2, 0.25) is 0 Å². The number of aliphatic hydroxyl groups is 1. The first-order chi connectivity index (χ1) is 7.69. The lowest BCUT2D eigenvalue weighted by Crippen LogP contribution is -2.51. The largest absolute Gasteiger partial charge is 0.391 e. The third kappa shape index (κ3) is 6.64. The Kier molecular flexibility index (Phi) is 6.72. The first kappa shape index (κ1) is 16.4. The lowest BCUT2D eigenvalue weighted by atomic mass is 9.92. The number of hydrogen-bond acceptors (Lipinski definition) is 3. The van der Waals surface area contributed by atoms with E-state index in [1.807, 2.05) is 13.8 Å². The van der Waals surface area contributed by atoms with E-state index in [4.69, 9.17) is 5.73 Å². The predicted molar refractivity (Wildman–Crippen MR) is 70.5 cm³/mol. The second-order valence-corrected chi connectivity index (χ2v) is 5.88. The number of hydrogen-bond donors (Lipinski definition) is 3. The minimum Gasteiger partial charge on any atom is -0.391 e. The zero-order valence-corrected chi connectivity index (χ0v) is 11.8. The minimum absolute atomic E-state index is 0.0352. The molecule has 4 nitrogen and oxygen atoms in total. The normalized spacial score (nSPS) is 15.8. The van der Waals surface area contributed by atoms with Crippen LogP contribution in [0, 0.1) is 11.8 Å². The molecule has 0 aliphatic rings. The molecule has 0 aliphatic heterocycles. The zero-order valence-electron chi connectivity index (χ0n) is 11.8. The summed E-state index contributed by atoms with van der Waals surface area (Å²) in [5, 5.41) is 12.4. The molecule has 0 fully saturated rings. The van der Waals surface area contributed by atoms with Gasteiger partial charge in [0, 0.05) is 6.42 Å². The molecule has 0 aromatic heterocycles. The molecule has 0 spiro atoms. The van der Waals surface area contributed by atoms with Gasteiger partial charge in [-0.1, -0.05) is 13.8 Å². The quantitative estimate of drug-likeness (QED) is 0.631. The van der Waals surface area contributed by atoms with E-state index >= 15 is 0 Å². The summed E-state index contributed by atoms with van der Waals surface area (Å²) in [4.78, 5) is 11.8. The summed E-state index contributed by atoms with van der Waals surface area (Å²) in [6.07, 6.45) is 0.817. The first-order valence-electron chi connectivity index (χ1n) is 6.38. The Morgan fingerprint density at radius 2 is 1.88 bits per heavy atom. The van der Waals surface area contributed by atoms with Crippen LogP contribution in [0.5, 0.6) is 0 Å². The van der Waals surface area contributed by atoms with Gasteiger partial charge in [0.1, 0.15) is 0 Å². The SMILES string of the molecule is CC(C)C[C@H](CN)CC(=O)NC(C)(C)C(C)O. The molecule has 0 rings (SSSR count). The first-order valence-corrected chi connectivity index (χ1v) is 6.38. The van der Waals surface area contributed by atoms with Crippen molar-refractivity contribution < 1.29 is 9.90 Å². The summed E-state index contributed by atoms with van der Waals surface area (Å²) in [5.74, 6) is 0.730. The Morgan fingerprint density at radius 1 is 1.35 bits per heavy atom. The van der Waals surface area contributed by atoms with Gasteiger partial charge in [-0.15, -0.1) is 0 Å². The van der Waals surface area contributed by atoms with E-state index in [1.165, 1.54) is 0 Å². The van der Waals surface area contributed by atoms with Crippen molar-refractivity contribution >= 4 is 5.91 Å². The number of carbonyl (C=O) groups is 1. The average Bonchev–Trinajstić information content (AvgIpc) is 2.14. The highest BCUT2D eigenvalue weighted by Crippen LogP contribution is 2.15. The molecular weight excluding hydrogens is 216 g/mol. The second-order valence-electron chi connectivity index (χ2n) is 5.88. The summed E-state index contributed by atoms with van der Waals surface area (Å²) in [7, 11) is 0. The molecule has 1 amide bonds. The van der Waals surface area contributed by atoms with Crippen LogP contribution in [0.25, 0.3) is 0 Å². The summed E-state index contributed by atoms with van der Waals surface area (Å²) in [5.41, 5.74) is 5.07. The van der Waals surface area contributed by atoms with Crippen molar-refractivity contribution in [3.05, 3.63) is 0 Å². The van der Waals surface area contributed by atoms with Gasteiger partial charge < -0.3 is 16.2 Å². The fraction of sp³-hybridized carbons (Fsp3) is 0.923. The Labute approximate surface area is 105 Å². The van der Waals surface area contributed by atoms with Gasteiger partial charge >= 0.3 is 0 Å². The van der Waals surface area contributed by atoms with E-state index in [2.05, 4.69) is 19.2 Å². The molecule has 0 aliphatic carbocycles. The molecule has 0 aromatic rings. The van der Waals surface area contributed by atoms with Gasteiger partial charge in [-0.25, -0.2) is 0 Å². The summed E-state index contributed by atoms with van der Waals surface area (Å²) < 4.78 is 0. The number of amides is 1. The monoisotopic (exact) mass is 244 g/mol. The van der Waals surface area contributed by atoms with Crippen LogP contribution >= 0.6 is 0 Å². The van der Waals surface area contributed by atoms with E-state index < -0.39 is 11.6 Å². The van der Waals surface area contributed by atoms with Gasteiger partial charge in [0.2, 0.25) is 5.91 Å². The highest BCUT2D eigenvalue weighted by Gasteiger charge is 2.26. The average molecular weight is 244 g/mol. The van der Waals surface area contributed by atoms with E-state index in [1.54, 1.807) is 6.92 Å². The van der Waals surface area contributed by atoms with Gasteiger partial charge in [0.15, 0.2) is 0 Å². The Bertz CT molecular complexity index is 238. The van der Waals surface area contributed by atoms with Crippen LogP contribution in [-0.4, -0.2) is 29.2 Å². The predicted octanol–water partition coefficient (Wildman–Crippen LogP) is 1.27. The zero-order chi connectivity index (χ0) is 13.6. The molecule has 0 heterocycles. The number of carbonyl (C=O) groups excluding carboxylic acids is 1. The maximum Gasteiger partial charge on any atom is 0.220 e. The second kappa shape index (κ2) is 6.97. The maximum absolute atomic E-state index is 11.8. The molecule has 0 saturated heterocycles. The van der Waals surface area contributed by atoms with Crippen molar-refractivity contribution in [2.24, 2.45) is 17.6 Å². The maximum atomic E-state index is 11.8. The fourth-order valence-corrected chi connectivity index (χ4v) is 1.71. The Hall–Kier alpha value is -0.610.